The summed E-state index contributed by atoms with van der Waals surface area (Å²) in [4.78, 5) is 92.9. The first-order chi connectivity index (χ1) is 43.0. The molecule has 23 nitrogen and oxygen atoms in total. The lowest BCUT2D eigenvalue weighted by atomic mass is 9.91. The Morgan fingerprint density at radius 1 is 0.449 bits per heavy atom. The van der Waals surface area contributed by atoms with E-state index in [0.29, 0.717) is 74.5 Å². The van der Waals surface area contributed by atoms with Crippen LogP contribution in [0.15, 0.2) is 55.0 Å². The van der Waals surface area contributed by atoms with Crippen LogP contribution in [0.5, 0.6) is 17.2 Å². The van der Waals surface area contributed by atoms with Crippen molar-refractivity contribution in [2.45, 2.75) is 161 Å². The minimum Gasteiger partial charge on any atom is -0.485 e. The second kappa shape index (κ2) is 32.6. The largest absolute Gasteiger partial charge is 0.485 e. The molecule has 1 N–H and O–H groups in total. The molecule has 6 aliphatic heterocycles. The third-order valence-corrected chi connectivity index (χ3v) is 18.5. The third kappa shape index (κ3) is 18.9. The van der Waals surface area contributed by atoms with Crippen molar-refractivity contribution in [1.29, 1.82) is 0 Å². The van der Waals surface area contributed by atoms with Gasteiger partial charge >= 0.3 is 24.1 Å². The zero-order valence-electron chi connectivity index (χ0n) is 53.9. The highest BCUT2D eigenvalue weighted by Crippen LogP contribution is 2.30. The van der Waals surface area contributed by atoms with Gasteiger partial charge in [0, 0.05) is 117 Å². The molecule has 0 radical (unpaired) electrons. The molecule has 0 unspecified atom stereocenters. The predicted molar refractivity (Wildman–Crippen MR) is 336 cm³/mol. The second-order valence-corrected chi connectivity index (χ2v) is 25.4. The van der Waals surface area contributed by atoms with Crippen molar-refractivity contribution in [3.8, 4) is 17.2 Å². The number of rotatable bonds is 15. The minimum absolute atomic E-state index is 0.00242. The molecule has 9 fully saturated rings. The maximum absolute atomic E-state index is 12.8. The van der Waals surface area contributed by atoms with Gasteiger partial charge in [-0.3, -0.25) is 24.5 Å². The van der Waals surface area contributed by atoms with Gasteiger partial charge in [0.25, 0.3) is 0 Å². The SMILES string of the molecule is CC(=O)c1ccc(OC2CN(C(=O)N3CCCN(C4CCC4)CC3)C2)cn1.CC(C)(O)c1ccc(OC2CN(C(=O)N3CCCN(C4CCC4)CC3)C2)cn1.CCOC(=O)c1ccc(OC2CN(C(=O)N3CCCN(C4CCC4)CC3)C2)cn1.CCOCC. The molecule has 0 atom stereocenters. The number of Topliss-reactive ketones (excluding diaryl/α,β-unsaturated/α-hetero) is 1. The average Bonchev–Trinajstić information content (AvgIpc) is 2.03. The number of likely N-dealkylation sites (tertiary alicyclic amines) is 3. The molecule has 89 heavy (non-hydrogen) atoms. The van der Waals surface area contributed by atoms with E-state index in [4.69, 9.17) is 23.7 Å². The first-order valence-electron chi connectivity index (χ1n) is 33.3. The van der Waals surface area contributed by atoms with Crippen LogP contribution in [-0.4, -0.2) is 268 Å². The summed E-state index contributed by atoms with van der Waals surface area (Å²) in [5, 5.41) is 9.97. The number of hydrogen-bond acceptors (Lipinski definition) is 17. The van der Waals surface area contributed by atoms with Crippen molar-refractivity contribution in [2.75, 3.05) is 138 Å². The van der Waals surface area contributed by atoms with Gasteiger partial charge in [-0.1, -0.05) is 19.3 Å². The highest BCUT2D eigenvalue weighted by atomic mass is 16.5. The fraction of sp³-hybridized carbons (Fsp3) is 0.697. The Balaban J connectivity index is 0.000000153. The number of pyridine rings is 3. The van der Waals surface area contributed by atoms with Gasteiger partial charge in [-0.2, -0.15) is 0 Å². The highest BCUT2D eigenvalue weighted by Gasteiger charge is 2.40. The van der Waals surface area contributed by atoms with Crippen molar-refractivity contribution in [1.82, 2.24) is 59.1 Å². The van der Waals surface area contributed by atoms with Gasteiger partial charge < -0.3 is 58.2 Å². The van der Waals surface area contributed by atoms with E-state index in [0.717, 1.165) is 129 Å². The molecule has 0 aromatic carbocycles. The van der Waals surface area contributed by atoms with Gasteiger partial charge in [0.05, 0.1) is 70.2 Å². The topological polar surface area (TPSA) is 220 Å². The molecule has 3 aliphatic carbocycles. The Hall–Kier alpha value is -6.40. The smallest absolute Gasteiger partial charge is 0.356 e. The molecule has 3 aromatic rings. The lowest BCUT2D eigenvalue weighted by molar-refractivity contribution is 0.0303. The number of carbonyl (C=O) groups excluding carboxylic acids is 5. The Labute approximate surface area is 527 Å². The monoisotopic (exact) mass is 1240 g/mol. The summed E-state index contributed by atoms with van der Waals surface area (Å²) in [6.45, 7) is 27.6. The van der Waals surface area contributed by atoms with Gasteiger partial charge in [0.15, 0.2) is 5.78 Å². The van der Waals surface area contributed by atoms with Gasteiger partial charge in [-0.25, -0.2) is 29.1 Å². The van der Waals surface area contributed by atoms with Crippen molar-refractivity contribution in [3.63, 3.8) is 0 Å². The molecular formula is C66H100N12O11. The summed E-state index contributed by atoms with van der Waals surface area (Å²) in [6, 6.07) is 13.0. The zero-order valence-corrected chi connectivity index (χ0v) is 53.9. The van der Waals surface area contributed by atoms with E-state index in [1.54, 1.807) is 63.5 Å². The maximum Gasteiger partial charge on any atom is 0.356 e. The quantitative estimate of drug-likeness (QED) is 0.118. The molecule has 3 aromatic heterocycles. The van der Waals surface area contributed by atoms with E-state index >= 15 is 0 Å². The number of aliphatic hydroxyl groups is 1. The lowest BCUT2D eigenvalue weighted by Gasteiger charge is -2.41. The highest BCUT2D eigenvalue weighted by molar-refractivity contribution is 5.92. The Kier molecular flexibility index (Phi) is 24.5. The minimum atomic E-state index is -0.959. The third-order valence-electron chi connectivity index (χ3n) is 18.5. The fourth-order valence-electron chi connectivity index (χ4n) is 12.4. The van der Waals surface area contributed by atoms with Gasteiger partial charge in [0.1, 0.15) is 52.5 Å². The van der Waals surface area contributed by atoms with E-state index in [2.05, 4.69) is 29.7 Å². The van der Waals surface area contributed by atoms with E-state index in [1.807, 2.05) is 49.3 Å². The van der Waals surface area contributed by atoms with Crippen LogP contribution < -0.4 is 14.2 Å². The molecule has 6 saturated heterocycles. The van der Waals surface area contributed by atoms with Gasteiger partial charge in [0.2, 0.25) is 0 Å². The summed E-state index contributed by atoms with van der Waals surface area (Å²) in [6.07, 6.45) is 19.9. The zero-order chi connectivity index (χ0) is 62.9. The number of urea groups is 3. The summed E-state index contributed by atoms with van der Waals surface area (Å²) in [7, 11) is 0. The normalized spacial score (nSPS) is 21.1. The number of aromatic nitrogens is 3. The molecule has 0 spiro atoms. The molecule has 3 saturated carbocycles. The first kappa shape index (κ1) is 67.0. The number of hydrogen-bond donors (Lipinski definition) is 1. The Morgan fingerprint density at radius 2 is 0.809 bits per heavy atom. The molecule has 9 heterocycles. The average molecular weight is 1240 g/mol. The number of ketones is 1. The molecule has 6 amide bonds. The fourth-order valence-corrected chi connectivity index (χ4v) is 12.4. The molecule has 23 heteroatoms. The van der Waals surface area contributed by atoms with Crippen LogP contribution in [0, 0.1) is 0 Å². The van der Waals surface area contributed by atoms with Crippen LogP contribution in [0.3, 0.4) is 0 Å². The molecule has 12 rings (SSSR count). The van der Waals surface area contributed by atoms with Gasteiger partial charge in [-0.05, 0) is 129 Å². The van der Waals surface area contributed by atoms with Gasteiger partial charge in [-0.15, -0.1) is 0 Å². The number of esters is 1. The summed E-state index contributed by atoms with van der Waals surface area (Å²) in [5.41, 5.74) is 0.355. The molecular weight excluding hydrogens is 1140 g/mol. The number of amides is 6. The standard InChI is InChI=1S/C21H30N4O4.C21H32N4O3.C20H28N4O3.C4H10O/c1-2-28-20(26)19-8-7-17(13-22-19)29-18-14-25(15-18)21(27)24-10-4-9-23(11-12-24)16-5-3-6-16;1-21(2,27)19-8-7-17(13-22-19)28-18-14-25(15-18)20(26)24-10-4-9-23(11-12-24)16-5-3-6-16;1-15(25)19-7-6-17(12-21-19)27-18-13-24(14-18)20(26)23-9-3-8-22(10-11-23)16-4-2-5-16;1-3-5-4-2/h7-8,13,16,18H,2-6,9-12,14-15H2,1H3;7-8,13,16,18,27H,3-6,9-12,14-15H2,1-2H3;6-7,12,16,18H,2-5,8-11,13-14H2,1H3;3-4H2,1-2H3. The van der Waals surface area contributed by atoms with Crippen LogP contribution in [0.2, 0.25) is 0 Å². The maximum atomic E-state index is 12.8. The van der Waals surface area contributed by atoms with Crippen molar-refractivity contribution in [2.24, 2.45) is 0 Å². The molecule has 0 bridgehead atoms. The van der Waals surface area contributed by atoms with E-state index in [9.17, 15) is 29.1 Å². The van der Waals surface area contributed by atoms with Crippen LogP contribution in [0.1, 0.15) is 145 Å². The predicted octanol–water partition coefficient (Wildman–Crippen LogP) is 7.12. The van der Waals surface area contributed by atoms with E-state index < -0.39 is 11.6 Å². The lowest BCUT2D eigenvalue weighted by Crippen LogP contribution is -2.60. The number of ether oxygens (including phenoxy) is 5. The van der Waals surface area contributed by atoms with E-state index in [1.165, 1.54) is 70.9 Å². The van der Waals surface area contributed by atoms with Crippen molar-refractivity contribution in [3.05, 3.63) is 72.1 Å². The number of carbonyl (C=O) groups is 5. The Morgan fingerprint density at radius 3 is 1.08 bits per heavy atom. The number of nitrogens with zero attached hydrogens (tertiary/aromatic N) is 12. The molecule has 490 valence electrons. The molecule has 9 aliphatic rings. The van der Waals surface area contributed by atoms with Crippen molar-refractivity contribution < 1.29 is 52.8 Å². The summed E-state index contributed by atoms with van der Waals surface area (Å²) in [5.74, 6) is 1.42. The second-order valence-electron chi connectivity index (χ2n) is 25.4. The Bertz CT molecular complexity index is 2710. The summed E-state index contributed by atoms with van der Waals surface area (Å²) >= 11 is 0. The van der Waals surface area contributed by atoms with Crippen LogP contribution in [-0.2, 0) is 15.1 Å². The van der Waals surface area contributed by atoms with Crippen LogP contribution >= 0.6 is 0 Å². The van der Waals surface area contributed by atoms with Crippen molar-refractivity contribution >= 4 is 29.8 Å². The summed E-state index contributed by atoms with van der Waals surface area (Å²) < 4.78 is 27.4. The van der Waals surface area contributed by atoms with Crippen LogP contribution in [0.4, 0.5) is 14.4 Å². The van der Waals surface area contributed by atoms with Crippen LogP contribution in [0.25, 0.3) is 0 Å². The van der Waals surface area contributed by atoms with E-state index in [-0.39, 0.29) is 47.9 Å². The first-order valence-corrected chi connectivity index (χ1v) is 33.3.